The van der Waals surface area contributed by atoms with Gasteiger partial charge < -0.3 is 19.5 Å². The molecule has 1 saturated heterocycles. The lowest BCUT2D eigenvalue weighted by Crippen LogP contribution is -2.27. The highest BCUT2D eigenvalue weighted by Crippen LogP contribution is 2.24. The highest BCUT2D eigenvalue weighted by molar-refractivity contribution is 6.16. The molecule has 0 radical (unpaired) electrons. The van der Waals surface area contributed by atoms with Crippen LogP contribution in [0.1, 0.15) is 11.1 Å². The molecule has 2 aromatic carbocycles. The van der Waals surface area contributed by atoms with Crippen molar-refractivity contribution < 1.29 is 23.8 Å². The Kier molecular flexibility index (Phi) is 6.16. The van der Waals surface area contributed by atoms with E-state index in [1.54, 1.807) is 4.90 Å². The molecular weight excluding hydrogens is 360 g/mol. The van der Waals surface area contributed by atoms with E-state index < -0.39 is 5.97 Å². The first-order valence-electron chi connectivity index (χ1n) is 8.82. The quantitative estimate of drug-likeness (QED) is 0.453. The molecule has 2 aromatic rings. The number of urea groups is 1. The number of carbonyl (C=O) groups excluding carboxylic acids is 2. The summed E-state index contributed by atoms with van der Waals surface area (Å²) in [6.07, 6.45) is 1.36. The lowest BCUT2D eigenvalue weighted by atomic mass is 10.0. The predicted octanol–water partition coefficient (Wildman–Crippen LogP) is 2.96. The van der Waals surface area contributed by atoms with Crippen LogP contribution in [0.3, 0.4) is 0 Å². The minimum absolute atomic E-state index is 0.0946. The zero-order valence-corrected chi connectivity index (χ0v) is 15.8. The van der Waals surface area contributed by atoms with Gasteiger partial charge in [0.15, 0.2) is 0 Å². The van der Waals surface area contributed by atoms with Crippen molar-refractivity contribution >= 4 is 23.3 Å². The van der Waals surface area contributed by atoms with Crippen molar-refractivity contribution in [2.75, 3.05) is 32.2 Å². The summed E-state index contributed by atoms with van der Waals surface area (Å²) in [6.45, 7) is 1.55. The number of esters is 1. The van der Waals surface area contributed by atoms with Crippen molar-refractivity contribution in [1.82, 2.24) is 5.32 Å². The number of amides is 2. The third-order valence-electron chi connectivity index (χ3n) is 4.35. The average molecular weight is 382 g/mol. The number of carbonyl (C=O) groups is 2. The smallest absolute Gasteiger partial charge is 0.341 e. The second-order valence-electron chi connectivity index (χ2n) is 6.08. The lowest BCUT2D eigenvalue weighted by Gasteiger charge is -2.15. The largest absolute Gasteiger partial charge is 0.503 e. The van der Waals surface area contributed by atoms with Gasteiger partial charge in [-0.05, 0) is 35.4 Å². The third kappa shape index (κ3) is 4.25. The molecular formula is C21H22N2O5. The van der Waals surface area contributed by atoms with Gasteiger partial charge in [-0.3, -0.25) is 4.90 Å². The number of nitrogens with one attached hydrogen (secondary N) is 1. The van der Waals surface area contributed by atoms with E-state index in [1.165, 1.54) is 20.5 Å². The van der Waals surface area contributed by atoms with Crippen molar-refractivity contribution in [3.05, 3.63) is 65.9 Å². The standard InChI is InChI=1S/C21H22N2O5/c1-26-14-19(20(24)27-2)18-6-4-3-5-15(18)13-28-17-9-7-16(8-10-17)23-12-11-22-21(23)25/h3-10,14H,11-13H2,1-2H3,(H,22,25)/b19-14+. The molecule has 3 rings (SSSR count). The molecule has 2 amide bonds. The summed E-state index contributed by atoms with van der Waals surface area (Å²) in [7, 11) is 2.80. The number of ether oxygens (including phenoxy) is 3. The minimum atomic E-state index is -0.484. The summed E-state index contributed by atoms with van der Waals surface area (Å²) in [5.41, 5.74) is 2.64. The highest BCUT2D eigenvalue weighted by Gasteiger charge is 2.21. The topological polar surface area (TPSA) is 77.1 Å². The second kappa shape index (κ2) is 8.94. The maximum Gasteiger partial charge on any atom is 0.341 e. The molecule has 0 spiro atoms. The maximum atomic E-state index is 12.1. The van der Waals surface area contributed by atoms with Crippen LogP contribution in [0.25, 0.3) is 5.57 Å². The van der Waals surface area contributed by atoms with Crippen LogP contribution in [-0.4, -0.2) is 39.3 Å². The van der Waals surface area contributed by atoms with Crippen molar-refractivity contribution in [2.45, 2.75) is 6.61 Å². The zero-order valence-electron chi connectivity index (χ0n) is 15.8. The van der Waals surface area contributed by atoms with Crippen LogP contribution in [0.4, 0.5) is 10.5 Å². The van der Waals surface area contributed by atoms with Crippen molar-refractivity contribution in [3.63, 3.8) is 0 Å². The van der Waals surface area contributed by atoms with Gasteiger partial charge in [-0.2, -0.15) is 0 Å². The van der Waals surface area contributed by atoms with E-state index in [2.05, 4.69) is 5.32 Å². The van der Waals surface area contributed by atoms with Gasteiger partial charge in [0.05, 0.1) is 20.5 Å². The molecule has 1 aliphatic heterocycles. The number of hydrogen-bond acceptors (Lipinski definition) is 5. The van der Waals surface area contributed by atoms with Crippen LogP contribution in [-0.2, 0) is 20.9 Å². The summed E-state index contributed by atoms with van der Waals surface area (Å²) in [5, 5.41) is 2.77. The minimum Gasteiger partial charge on any atom is -0.503 e. The SMILES string of the molecule is CO/C=C(/C(=O)OC)c1ccccc1COc1ccc(N2CCNC2=O)cc1. The Morgan fingerprint density at radius 1 is 1.14 bits per heavy atom. The third-order valence-corrected chi connectivity index (χ3v) is 4.35. The molecule has 146 valence electrons. The van der Waals surface area contributed by atoms with E-state index in [0.29, 0.717) is 30.0 Å². The first-order chi connectivity index (χ1) is 13.6. The van der Waals surface area contributed by atoms with Crippen LogP contribution in [0, 0.1) is 0 Å². The fourth-order valence-corrected chi connectivity index (χ4v) is 2.96. The first kappa shape index (κ1) is 19.3. The molecule has 0 unspecified atom stereocenters. The Morgan fingerprint density at radius 3 is 2.54 bits per heavy atom. The van der Waals surface area contributed by atoms with Crippen LogP contribution in [0.15, 0.2) is 54.8 Å². The zero-order chi connectivity index (χ0) is 19.9. The Balaban J connectivity index is 1.74. The van der Waals surface area contributed by atoms with Gasteiger partial charge in [0, 0.05) is 18.8 Å². The average Bonchev–Trinajstić information content (AvgIpc) is 3.16. The summed E-state index contributed by atoms with van der Waals surface area (Å²) in [6, 6.07) is 14.6. The number of benzene rings is 2. The highest BCUT2D eigenvalue weighted by atomic mass is 16.5. The van der Waals surface area contributed by atoms with E-state index in [9.17, 15) is 9.59 Å². The Morgan fingerprint density at radius 2 is 1.89 bits per heavy atom. The molecule has 0 aromatic heterocycles. The molecule has 7 heteroatoms. The molecule has 1 aliphatic rings. The van der Waals surface area contributed by atoms with Gasteiger partial charge in [-0.15, -0.1) is 0 Å². The number of hydrogen-bond donors (Lipinski definition) is 1. The van der Waals surface area contributed by atoms with Crippen LogP contribution in [0.2, 0.25) is 0 Å². The normalized spacial score (nSPS) is 13.9. The molecule has 0 saturated carbocycles. The summed E-state index contributed by atoms with van der Waals surface area (Å²) in [5.74, 6) is 0.177. The monoisotopic (exact) mass is 382 g/mol. The Hall–Kier alpha value is -3.48. The molecule has 7 nitrogen and oxygen atoms in total. The molecule has 1 fully saturated rings. The summed E-state index contributed by atoms with van der Waals surface area (Å²) >= 11 is 0. The number of methoxy groups -OCH3 is 2. The second-order valence-corrected chi connectivity index (χ2v) is 6.08. The molecule has 1 N–H and O–H groups in total. The van der Waals surface area contributed by atoms with Crippen LogP contribution >= 0.6 is 0 Å². The fourth-order valence-electron chi connectivity index (χ4n) is 2.96. The predicted molar refractivity (Wildman–Crippen MR) is 105 cm³/mol. The number of rotatable bonds is 7. The lowest BCUT2D eigenvalue weighted by molar-refractivity contribution is -0.133. The molecule has 0 bridgehead atoms. The van der Waals surface area contributed by atoms with Gasteiger partial charge in [0.1, 0.15) is 17.9 Å². The number of anilines is 1. The van der Waals surface area contributed by atoms with Crippen LogP contribution in [0.5, 0.6) is 5.75 Å². The van der Waals surface area contributed by atoms with Crippen molar-refractivity contribution in [3.8, 4) is 5.75 Å². The van der Waals surface area contributed by atoms with Gasteiger partial charge in [0.2, 0.25) is 0 Å². The number of nitrogens with zero attached hydrogens (tertiary/aromatic N) is 1. The van der Waals surface area contributed by atoms with Gasteiger partial charge >= 0.3 is 12.0 Å². The molecule has 0 aliphatic carbocycles. The molecule has 28 heavy (non-hydrogen) atoms. The van der Waals surface area contributed by atoms with E-state index >= 15 is 0 Å². The van der Waals surface area contributed by atoms with Crippen LogP contribution < -0.4 is 15.0 Å². The van der Waals surface area contributed by atoms with E-state index in [-0.39, 0.29) is 12.6 Å². The van der Waals surface area contributed by atoms with Gasteiger partial charge in [-0.1, -0.05) is 24.3 Å². The molecule has 0 atom stereocenters. The van der Waals surface area contributed by atoms with E-state index in [0.717, 1.165) is 11.3 Å². The van der Waals surface area contributed by atoms with Gasteiger partial charge in [-0.25, -0.2) is 9.59 Å². The van der Waals surface area contributed by atoms with Gasteiger partial charge in [0.25, 0.3) is 0 Å². The molecule has 1 heterocycles. The van der Waals surface area contributed by atoms with E-state index in [1.807, 2.05) is 48.5 Å². The van der Waals surface area contributed by atoms with Crippen molar-refractivity contribution in [1.29, 1.82) is 0 Å². The Labute approximate surface area is 163 Å². The first-order valence-corrected chi connectivity index (χ1v) is 8.82. The van der Waals surface area contributed by atoms with Crippen molar-refractivity contribution in [2.24, 2.45) is 0 Å². The summed E-state index contributed by atoms with van der Waals surface area (Å²) < 4.78 is 15.8. The summed E-state index contributed by atoms with van der Waals surface area (Å²) in [4.78, 5) is 25.5. The van der Waals surface area contributed by atoms with E-state index in [4.69, 9.17) is 14.2 Å². The maximum absolute atomic E-state index is 12.1. The Bertz CT molecular complexity index is 877. The fraction of sp³-hybridized carbons (Fsp3) is 0.238.